The maximum atomic E-state index is 12.7. The Labute approximate surface area is 85.8 Å². The van der Waals surface area contributed by atoms with Crippen LogP contribution >= 0.6 is 0 Å². The lowest BCUT2D eigenvalue weighted by molar-refractivity contribution is 0.502. The standard InChI is InChI=1S/C11H9BF3/c1-8-6-7-11(12(13,14)15)10-5-3-2-4-9(8)10/h2-7H,1H3/q-1. The fourth-order valence-electron chi connectivity index (χ4n) is 1.76. The number of rotatable bonds is 1. The predicted molar refractivity (Wildman–Crippen MR) is 57.4 cm³/mol. The molecule has 2 rings (SSSR count). The maximum absolute atomic E-state index is 12.7. The van der Waals surface area contributed by atoms with Gasteiger partial charge in [-0.1, -0.05) is 36.4 Å². The van der Waals surface area contributed by atoms with Crippen molar-refractivity contribution in [3.05, 3.63) is 42.0 Å². The summed E-state index contributed by atoms with van der Waals surface area (Å²) in [5.74, 6) is 0. The molecule has 0 atom stereocenters. The fourth-order valence-corrected chi connectivity index (χ4v) is 1.76. The van der Waals surface area contributed by atoms with Crippen molar-refractivity contribution < 1.29 is 12.9 Å². The van der Waals surface area contributed by atoms with Crippen molar-refractivity contribution in [2.45, 2.75) is 6.92 Å². The van der Waals surface area contributed by atoms with Crippen molar-refractivity contribution in [3.63, 3.8) is 0 Å². The van der Waals surface area contributed by atoms with Crippen LogP contribution in [0.2, 0.25) is 0 Å². The third-order valence-electron chi connectivity index (χ3n) is 2.53. The number of fused-ring (bicyclic) bond motifs is 1. The highest BCUT2D eigenvalue weighted by Crippen LogP contribution is 2.20. The maximum Gasteiger partial charge on any atom is 0.510 e. The van der Waals surface area contributed by atoms with E-state index in [0.29, 0.717) is 10.8 Å². The van der Waals surface area contributed by atoms with Gasteiger partial charge in [0.25, 0.3) is 0 Å². The summed E-state index contributed by atoms with van der Waals surface area (Å²) in [6.07, 6.45) is 0. The van der Waals surface area contributed by atoms with Crippen LogP contribution in [0.15, 0.2) is 36.4 Å². The summed E-state index contributed by atoms with van der Waals surface area (Å²) in [5, 5.41) is 0.971. The van der Waals surface area contributed by atoms with E-state index in [4.69, 9.17) is 0 Å². The molecule has 0 unspecified atom stereocenters. The van der Waals surface area contributed by atoms with Crippen LogP contribution in [0.4, 0.5) is 12.9 Å². The molecule has 0 aliphatic rings. The van der Waals surface area contributed by atoms with E-state index in [-0.39, 0.29) is 0 Å². The van der Waals surface area contributed by atoms with Crippen molar-refractivity contribution in [1.82, 2.24) is 0 Å². The first-order chi connectivity index (χ1) is 7.00. The number of aryl methyl sites for hydroxylation is 1. The van der Waals surface area contributed by atoms with Crippen LogP contribution < -0.4 is 5.46 Å². The van der Waals surface area contributed by atoms with E-state index in [1.54, 1.807) is 18.2 Å². The van der Waals surface area contributed by atoms with Crippen molar-refractivity contribution in [1.29, 1.82) is 0 Å². The minimum atomic E-state index is -4.93. The number of hydrogen-bond acceptors (Lipinski definition) is 0. The summed E-state index contributed by atoms with van der Waals surface area (Å²) in [7, 11) is 0. The van der Waals surface area contributed by atoms with E-state index in [1.807, 2.05) is 6.92 Å². The Kier molecular flexibility index (Phi) is 2.22. The third kappa shape index (κ3) is 1.72. The molecule has 0 fully saturated rings. The zero-order valence-corrected chi connectivity index (χ0v) is 8.18. The summed E-state index contributed by atoms with van der Waals surface area (Å²) < 4.78 is 38.1. The smallest absolute Gasteiger partial charge is 0.445 e. The normalized spacial score (nSPS) is 12.0. The Morgan fingerprint density at radius 1 is 0.867 bits per heavy atom. The second kappa shape index (κ2) is 3.30. The molecule has 0 aliphatic carbocycles. The Bertz CT molecular complexity index is 503. The SMILES string of the molecule is Cc1ccc([B-](F)(F)F)c2ccccc12. The third-order valence-corrected chi connectivity index (χ3v) is 2.53. The lowest BCUT2D eigenvalue weighted by Crippen LogP contribution is -2.34. The lowest BCUT2D eigenvalue weighted by atomic mass is 9.76. The first kappa shape index (κ1) is 10.1. The van der Waals surface area contributed by atoms with Gasteiger partial charge >= 0.3 is 6.98 Å². The van der Waals surface area contributed by atoms with Crippen LogP contribution in [0.25, 0.3) is 10.8 Å². The molecule has 0 aliphatic heterocycles. The lowest BCUT2D eigenvalue weighted by Gasteiger charge is -2.18. The molecule has 2 aromatic rings. The van der Waals surface area contributed by atoms with E-state index < -0.39 is 12.4 Å². The second-order valence-corrected chi connectivity index (χ2v) is 3.59. The van der Waals surface area contributed by atoms with Crippen LogP contribution in [0, 0.1) is 6.92 Å². The average Bonchev–Trinajstić information content (AvgIpc) is 2.17. The molecular weight excluding hydrogens is 200 g/mol. The van der Waals surface area contributed by atoms with Gasteiger partial charge in [-0.15, -0.1) is 5.46 Å². The van der Waals surface area contributed by atoms with Crippen molar-refractivity contribution >= 4 is 23.2 Å². The first-order valence-corrected chi connectivity index (χ1v) is 4.68. The molecule has 4 heteroatoms. The van der Waals surface area contributed by atoms with E-state index in [9.17, 15) is 12.9 Å². The van der Waals surface area contributed by atoms with E-state index in [0.717, 1.165) is 11.6 Å². The van der Waals surface area contributed by atoms with Crippen LogP contribution in [-0.2, 0) is 0 Å². The topological polar surface area (TPSA) is 0 Å². The average molecular weight is 209 g/mol. The molecule has 15 heavy (non-hydrogen) atoms. The van der Waals surface area contributed by atoms with Gasteiger partial charge in [0.1, 0.15) is 0 Å². The molecule has 0 heterocycles. The van der Waals surface area contributed by atoms with Gasteiger partial charge in [0.15, 0.2) is 0 Å². The van der Waals surface area contributed by atoms with Crippen LogP contribution in [0.3, 0.4) is 0 Å². The largest absolute Gasteiger partial charge is 0.510 e. The predicted octanol–water partition coefficient (Wildman–Crippen LogP) is 3.20. The second-order valence-electron chi connectivity index (χ2n) is 3.59. The first-order valence-electron chi connectivity index (χ1n) is 4.68. The van der Waals surface area contributed by atoms with Gasteiger partial charge < -0.3 is 12.9 Å². The number of hydrogen-bond donors (Lipinski definition) is 0. The number of benzene rings is 2. The highest BCUT2D eigenvalue weighted by molar-refractivity contribution is 6.76. The fraction of sp³-hybridized carbons (Fsp3) is 0.0909. The molecule has 0 spiro atoms. The van der Waals surface area contributed by atoms with Gasteiger partial charge in [0.05, 0.1) is 0 Å². The zero-order chi connectivity index (χ0) is 11.1. The van der Waals surface area contributed by atoms with Crippen molar-refractivity contribution in [3.8, 4) is 0 Å². The molecule has 78 valence electrons. The van der Waals surface area contributed by atoms with E-state index >= 15 is 0 Å². The van der Waals surface area contributed by atoms with Gasteiger partial charge in [-0.3, -0.25) is 0 Å². The highest BCUT2D eigenvalue weighted by Gasteiger charge is 2.27. The van der Waals surface area contributed by atoms with Gasteiger partial charge in [0, 0.05) is 0 Å². The summed E-state index contributed by atoms with van der Waals surface area (Å²) in [6.45, 7) is -3.12. The van der Waals surface area contributed by atoms with Crippen LogP contribution in [0.1, 0.15) is 5.56 Å². The molecule has 0 radical (unpaired) electrons. The summed E-state index contributed by atoms with van der Waals surface area (Å²) >= 11 is 0. The summed E-state index contributed by atoms with van der Waals surface area (Å²) in [5.41, 5.74) is 0.366. The monoisotopic (exact) mass is 209 g/mol. The van der Waals surface area contributed by atoms with Crippen LogP contribution in [0.5, 0.6) is 0 Å². The quantitative estimate of drug-likeness (QED) is 0.632. The molecule has 0 saturated carbocycles. The van der Waals surface area contributed by atoms with Gasteiger partial charge in [-0.05, 0) is 23.3 Å². The summed E-state index contributed by atoms with van der Waals surface area (Å²) in [6, 6.07) is 9.31. The molecule has 0 aromatic heterocycles. The van der Waals surface area contributed by atoms with E-state index in [1.165, 1.54) is 12.1 Å². The summed E-state index contributed by atoms with van der Waals surface area (Å²) in [4.78, 5) is 0. The Morgan fingerprint density at radius 2 is 1.47 bits per heavy atom. The number of halogens is 3. The van der Waals surface area contributed by atoms with Gasteiger partial charge in [-0.25, -0.2) is 0 Å². The van der Waals surface area contributed by atoms with E-state index in [2.05, 4.69) is 0 Å². The van der Waals surface area contributed by atoms with Gasteiger partial charge in [-0.2, -0.15) is 0 Å². The molecular formula is C11H9BF3-. The van der Waals surface area contributed by atoms with Crippen LogP contribution in [-0.4, -0.2) is 6.98 Å². The molecule has 0 N–H and O–H groups in total. The minimum Gasteiger partial charge on any atom is -0.445 e. The highest BCUT2D eigenvalue weighted by atomic mass is 19.4. The molecule has 0 amide bonds. The Balaban J connectivity index is 2.84. The minimum absolute atomic E-state index is 0.296. The molecule has 0 nitrogen and oxygen atoms in total. The Morgan fingerprint density at radius 3 is 2.07 bits per heavy atom. The zero-order valence-electron chi connectivity index (χ0n) is 8.18. The van der Waals surface area contributed by atoms with Gasteiger partial charge in [0.2, 0.25) is 0 Å². The molecule has 2 aromatic carbocycles. The van der Waals surface area contributed by atoms with Crippen molar-refractivity contribution in [2.24, 2.45) is 0 Å². The molecule has 0 bridgehead atoms. The Hall–Kier alpha value is -1.45. The van der Waals surface area contributed by atoms with Crippen molar-refractivity contribution in [2.75, 3.05) is 0 Å². The molecule has 0 saturated heterocycles.